The fourth-order valence-electron chi connectivity index (χ4n) is 5.39. The second kappa shape index (κ2) is 13.2. The van der Waals surface area contributed by atoms with E-state index in [9.17, 15) is 36.6 Å². The molecule has 2 N–H and O–H groups in total. The average Bonchev–Trinajstić information content (AvgIpc) is 3.60. The summed E-state index contributed by atoms with van der Waals surface area (Å²) in [6, 6.07) is 4.14. The summed E-state index contributed by atoms with van der Waals surface area (Å²) >= 11 is 12.1. The van der Waals surface area contributed by atoms with Crippen LogP contribution < -0.4 is 9.80 Å². The molecule has 6 nitrogen and oxygen atoms in total. The highest BCUT2D eigenvalue weighted by Crippen LogP contribution is 2.41. The van der Waals surface area contributed by atoms with E-state index in [1.54, 1.807) is 26.0 Å². The van der Waals surface area contributed by atoms with Crippen LogP contribution in [0.4, 0.5) is 49.1 Å². The van der Waals surface area contributed by atoms with Gasteiger partial charge in [0.25, 0.3) is 0 Å². The number of nitrogens with zero attached hydrogens (tertiary/aromatic N) is 4. The Balaban J connectivity index is 0.000000230. The second-order valence-electron chi connectivity index (χ2n) is 10.1. The fourth-order valence-corrected chi connectivity index (χ4v) is 5.80. The van der Waals surface area contributed by atoms with Crippen LogP contribution in [0.25, 0.3) is 9.69 Å². The van der Waals surface area contributed by atoms with E-state index in [1.807, 2.05) is 0 Å². The molecule has 2 fully saturated rings. The highest BCUT2D eigenvalue weighted by Gasteiger charge is 2.48. The molecular weight excluding hydrogens is 609 g/mol. The molecule has 0 bridgehead atoms. The molecule has 2 aromatic carbocycles. The maximum absolute atomic E-state index is 12.7. The molecule has 0 radical (unpaired) electrons. The molecule has 0 saturated carbocycles. The number of alkyl halides is 6. The lowest BCUT2D eigenvalue weighted by Gasteiger charge is -2.32. The van der Waals surface area contributed by atoms with Crippen molar-refractivity contribution in [2.75, 3.05) is 22.9 Å². The second-order valence-corrected chi connectivity index (χ2v) is 10.8. The minimum Gasteiger partial charge on any atom is -0.382 e. The highest BCUT2D eigenvalue weighted by atomic mass is 35.5. The van der Waals surface area contributed by atoms with Crippen molar-refractivity contribution in [1.82, 2.24) is 0 Å². The fraction of sp³-hybridized carbons (Fsp3) is 0.500. The Morgan fingerprint density at radius 3 is 1.36 bits per heavy atom. The molecule has 0 spiro atoms. The summed E-state index contributed by atoms with van der Waals surface area (Å²) in [6.45, 7) is 18.2. The van der Waals surface area contributed by atoms with Crippen molar-refractivity contribution in [1.29, 1.82) is 0 Å². The van der Waals surface area contributed by atoms with Crippen molar-refractivity contribution in [3.63, 3.8) is 0 Å². The summed E-state index contributed by atoms with van der Waals surface area (Å²) < 4.78 is 76.5. The van der Waals surface area contributed by atoms with Crippen LogP contribution in [-0.4, -0.2) is 59.9 Å². The maximum atomic E-state index is 12.7. The number of anilines is 2. The number of rotatable bonds is 4. The first-order valence-electron chi connectivity index (χ1n) is 12.9. The summed E-state index contributed by atoms with van der Waals surface area (Å²) in [4.78, 5) is 9.59. The van der Waals surface area contributed by atoms with Crippen molar-refractivity contribution in [3.8, 4) is 0 Å². The maximum Gasteiger partial charge on any atom is 0.416 e. The summed E-state index contributed by atoms with van der Waals surface area (Å²) in [5, 5.41) is 19.6. The Bertz CT molecular complexity index is 1270. The molecule has 2 aliphatic rings. The summed E-state index contributed by atoms with van der Waals surface area (Å²) in [6.07, 6.45) is -12.4. The van der Waals surface area contributed by atoms with E-state index in [0.717, 1.165) is 0 Å². The number of benzene rings is 2. The van der Waals surface area contributed by atoms with Crippen LogP contribution in [0.3, 0.4) is 0 Å². The first kappa shape index (κ1) is 33.6. The lowest BCUT2D eigenvalue weighted by atomic mass is 10.1. The van der Waals surface area contributed by atoms with Gasteiger partial charge in [-0.3, -0.25) is 0 Å². The van der Waals surface area contributed by atoms with Gasteiger partial charge in [-0.05, 0) is 62.8 Å². The van der Waals surface area contributed by atoms with Crippen LogP contribution in [0, 0.1) is 27.0 Å². The zero-order valence-corrected chi connectivity index (χ0v) is 24.1. The van der Waals surface area contributed by atoms with Gasteiger partial charge in [0.1, 0.15) is 0 Å². The normalized spacial score (nSPS) is 20.4. The van der Waals surface area contributed by atoms with E-state index in [-0.39, 0.29) is 34.3 Å². The van der Waals surface area contributed by atoms with Gasteiger partial charge in [0.15, 0.2) is 12.2 Å². The Kier molecular flexibility index (Phi) is 10.5. The molecule has 2 aromatic rings. The number of halogens is 8. The van der Waals surface area contributed by atoms with E-state index in [2.05, 4.69) is 9.69 Å². The van der Waals surface area contributed by atoms with Gasteiger partial charge in [-0.1, -0.05) is 35.3 Å². The standard InChI is InChI=1S/2C14H14ClF3N2O/c2*1-8-10(6-5-9(19-2)12(8)15)20-7-3-4-11(20)13(21)14(16,17)18/h2*5-6,11,13,21H,3-4,7H2,1H3/t11-,13+;11-,13-/m11/s1. The van der Waals surface area contributed by atoms with Gasteiger partial charge in [0, 0.05) is 24.5 Å². The molecule has 0 aromatic heterocycles. The van der Waals surface area contributed by atoms with Crippen LogP contribution in [0.5, 0.6) is 0 Å². The third-order valence-corrected chi connectivity index (χ3v) is 8.49. The molecule has 0 amide bonds. The molecule has 0 aliphatic carbocycles. The Morgan fingerprint density at radius 1 is 0.738 bits per heavy atom. The van der Waals surface area contributed by atoms with Crippen LogP contribution in [0.2, 0.25) is 10.0 Å². The third-order valence-electron chi connectivity index (χ3n) is 7.53. The summed E-state index contributed by atoms with van der Waals surface area (Å²) in [7, 11) is 0. The van der Waals surface area contributed by atoms with Crippen molar-refractivity contribution in [3.05, 3.63) is 68.3 Å². The quantitative estimate of drug-likeness (QED) is 0.262. The number of aliphatic hydroxyl groups is 2. The predicted molar refractivity (Wildman–Crippen MR) is 150 cm³/mol. The van der Waals surface area contributed by atoms with Crippen LogP contribution in [0.1, 0.15) is 36.8 Å². The molecule has 4 rings (SSSR count). The lowest BCUT2D eigenvalue weighted by molar-refractivity contribution is -0.209. The van der Waals surface area contributed by atoms with Gasteiger partial charge in [-0.15, -0.1) is 0 Å². The number of hydrogen-bond acceptors (Lipinski definition) is 4. The summed E-state index contributed by atoms with van der Waals surface area (Å²) in [5.74, 6) is 0. The van der Waals surface area contributed by atoms with Gasteiger partial charge >= 0.3 is 12.4 Å². The Morgan fingerprint density at radius 2 is 1.07 bits per heavy atom. The SMILES string of the molecule is [C-]#[N+]c1ccc(N2CCC[C@@H]2[C@@H](O)C(F)(F)F)c(C)c1Cl.[C-]#[N+]c1ccc(N2CCC[C@@H]2[C@H](O)C(F)(F)F)c(C)c1Cl. The van der Waals surface area contributed by atoms with Gasteiger partial charge in [0.05, 0.1) is 35.3 Å². The monoisotopic (exact) mass is 636 g/mol. The number of hydrogen-bond donors (Lipinski definition) is 2. The first-order chi connectivity index (χ1) is 19.5. The third kappa shape index (κ3) is 7.00. The van der Waals surface area contributed by atoms with E-state index in [0.29, 0.717) is 48.4 Å². The summed E-state index contributed by atoms with van der Waals surface area (Å²) in [5.41, 5.74) is 2.74. The van der Waals surface area contributed by atoms with Crippen molar-refractivity contribution < 1.29 is 36.6 Å². The average molecular weight is 637 g/mol. The largest absolute Gasteiger partial charge is 0.416 e. The first-order valence-corrected chi connectivity index (χ1v) is 13.7. The molecule has 2 saturated heterocycles. The Labute approximate surface area is 249 Å². The molecule has 42 heavy (non-hydrogen) atoms. The van der Waals surface area contributed by atoms with Crippen LogP contribution in [-0.2, 0) is 0 Å². The molecular formula is C28H28Cl2F6N4O2. The van der Waals surface area contributed by atoms with Crippen molar-refractivity contribution >= 4 is 46.0 Å². The molecule has 0 unspecified atom stereocenters. The zero-order chi connectivity index (χ0) is 31.6. The highest BCUT2D eigenvalue weighted by molar-refractivity contribution is 6.34. The minimum absolute atomic E-state index is 0.245. The van der Waals surface area contributed by atoms with Crippen LogP contribution in [0.15, 0.2) is 24.3 Å². The zero-order valence-electron chi connectivity index (χ0n) is 22.6. The molecule has 228 valence electrons. The van der Waals surface area contributed by atoms with Gasteiger partial charge in [0.2, 0.25) is 11.4 Å². The Hall–Kier alpha value is -2.90. The molecule has 14 heteroatoms. The van der Waals surface area contributed by atoms with Crippen LogP contribution >= 0.6 is 23.2 Å². The van der Waals surface area contributed by atoms with E-state index in [4.69, 9.17) is 36.3 Å². The van der Waals surface area contributed by atoms with Crippen molar-refractivity contribution in [2.45, 2.75) is 76.2 Å². The van der Waals surface area contributed by atoms with Gasteiger partial charge < -0.3 is 20.0 Å². The molecule has 2 aliphatic heterocycles. The van der Waals surface area contributed by atoms with E-state index >= 15 is 0 Å². The predicted octanol–water partition coefficient (Wildman–Crippen LogP) is 8.18. The smallest absolute Gasteiger partial charge is 0.382 e. The van der Waals surface area contributed by atoms with Gasteiger partial charge in [-0.25, -0.2) is 9.69 Å². The molecule has 2 heterocycles. The van der Waals surface area contributed by atoms with E-state index in [1.165, 1.54) is 21.9 Å². The number of aliphatic hydroxyl groups excluding tert-OH is 2. The minimum atomic E-state index is -4.65. The van der Waals surface area contributed by atoms with Gasteiger partial charge in [-0.2, -0.15) is 26.3 Å². The van der Waals surface area contributed by atoms with E-state index < -0.39 is 36.6 Å². The topological polar surface area (TPSA) is 55.7 Å². The van der Waals surface area contributed by atoms with Crippen molar-refractivity contribution in [2.24, 2.45) is 0 Å². The lowest BCUT2D eigenvalue weighted by Crippen LogP contribution is -2.47. The molecule has 4 atom stereocenters.